The number of rotatable bonds is 8. The molecule has 188 valence electrons. The summed E-state index contributed by atoms with van der Waals surface area (Å²) in [5, 5.41) is 2.95. The van der Waals surface area contributed by atoms with Crippen LogP contribution in [0.1, 0.15) is 31.7 Å². The van der Waals surface area contributed by atoms with E-state index in [9.17, 15) is 14.0 Å². The molecule has 0 unspecified atom stereocenters. The first-order chi connectivity index (χ1) is 16.9. The van der Waals surface area contributed by atoms with Crippen molar-refractivity contribution < 1.29 is 18.7 Å². The van der Waals surface area contributed by atoms with Crippen molar-refractivity contribution >= 4 is 23.2 Å². The van der Waals surface area contributed by atoms with E-state index in [0.29, 0.717) is 18.8 Å². The normalized spacial score (nSPS) is 18.1. The van der Waals surface area contributed by atoms with Crippen LogP contribution in [0.4, 0.5) is 15.8 Å². The number of nitrogens with one attached hydrogen (secondary N) is 1. The summed E-state index contributed by atoms with van der Waals surface area (Å²) in [7, 11) is 0. The number of halogens is 1. The van der Waals surface area contributed by atoms with Crippen LogP contribution in [-0.4, -0.2) is 68.6 Å². The second-order valence-corrected chi connectivity index (χ2v) is 9.41. The van der Waals surface area contributed by atoms with Crippen LogP contribution in [0.25, 0.3) is 0 Å². The van der Waals surface area contributed by atoms with Crippen LogP contribution in [0.15, 0.2) is 42.5 Å². The molecule has 4 rings (SSSR count). The molecule has 2 aliphatic rings. The number of carbonyl (C=O) groups excluding carboxylic acids is 2. The first kappa shape index (κ1) is 25.0. The van der Waals surface area contributed by atoms with E-state index in [1.54, 1.807) is 4.90 Å². The van der Waals surface area contributed by atoms with Gasteiger partial charge in [-0.05, 0) is 68.8 Å². The van der Waals surface area contributed by atoms with Crippen molar-refractivity contribution in [1.29, 1.82) is 0 Å². The zero-order valence-electron chi connectivity index (χ0n) is 20.6. The highest BCUT2D eigenvalue weighted by molar-refractivity contribution is 5.97. The second-order valence-electron chi connectivity index (χ2n) is 9.41. The Labute approximate surface area is 206 Å². The van der Waals surface area contributed by atoms with Gasteiger partial charge in [-0.2, -0.15) is 0 Å². The minimum absolute atomic E-state index is 0.0545. The molecule has 1 fully saturated rings. The summed E-state index contributed by atoms with van der Waals surface area (Å²) in [6.45, 7) is 9.63. The predicted molar refractivity (Wildman–Crippen MR) is 136 cm³/mol. The van der Waals surface area contributed by atoms with Crippen molar-refractivity contribution in [3.63, 3.8) is 0 Å². The molecule has 2 heterocycles. The summed E-state index contributed by atoms with van der Waals surface area (Å²) in [5.74, 6) is 0.354. The molecule has 0 spiro atoms. The Hall–Kier alpha value is -3.13. The second kappa shape index (κ2) is 11.5. The highest BCUT2D eigenvalue weighted by Gasteiger charge is 2.27. The molecule has 2 amide bonds. The molecule has 2 aromatic rings. The largest absolute Gasteiger partial charge is 0.487 e. The first-order valence-electron chi connectivity index (χ1n) is 12.5. The number of ether oxygens (including phenoxy) is 1. The molecule has 0 aliphatic carbocycles. The Morgan fingerprint density at radius 3 is 2.54 bits per heavy atom. The number of fused-ring (bicyclic) bond motifs is 1. The zero-order valence-corrected chi connectivity index (χ0v) is 20.6. The van der Waals surface area contributed by atoms with Gasteiger partial charge in [-0.3, -0.25) is 14.5 Å². The number of benzene rings is 2. The van der Waals surface area contributed by atoms with Gasteiger partial charge in [0.15, 0.2) is 0 Å². The summed E-state index contributed by atoms with van der Waals surface area (Å²) in [6.07, 6.45) is 1.14. The van der Waals surface area contributed by atoms with Crippen molar-refractivity contribution in [2.75, 3.05) is 55.6 Å². The van der Waals surface area contributed by atoms with E-state index < -0.39 is 0 Å². The van der Waals surface area contributed by atoms with Crippen molar-refractivity contribution in [3.8, 4) is 5.75 Å². The number of hydrogen-bond donors (Lipinski definition) is 1. The topological polar surface area (TPSA) is 65.1 Å². The van der Waals surface area contributed by atoms with Gasteiger partial charge in [-0.1, -0.05) is 6.07 Å². The lowest BCUT2D eigenvalue weighted by molar-refractivity contribution is -0.125. The van der Waals surface area contributed by atoms with E-state index in [4.69, 9.17) is 4.74 Å². The molecule has 35 heavy (non-hydrogen) atoms. The summed E-state index contributed by atoms with van der Waals surface area (Å²) < 4.78 is 19.0. The SMILES string of the molecule is Cc1ccc2c(c1)N(C(=O)CCC(=O)NCCCN1CCN(c3ccc(F)cc3)CC1)C[C@@H](C)O2. The summed E-state index contributed by atoms with van der Waals surface area (Å²) in [6, 6.07) is 12.5. The maximum Gasteiger partial charge on any atom is 0.227 e. The highest BCUT2D eigenvalue weighted by Crippen LogP contribution is 2.34. The number of amides is 2. The third-order valence-corrected chi connectivity index (χ3v) is 6.58. The van der Waals surface area contributed by atoms with Gasteiger partial charge >= 0.3 is 0 Å². The van der Waals surface area contributed by atoms with Crippen LogP contribution in [0.2, 0.25) is 0 Å². The quantitative estimate of drug-likeness (QED) is 0.585. The summed E-state index contributed by atoms with van der Waals surface area (Å²) in [5.41, 5.74) is 2.90. The fourth-order valence-corrected chi connectivity index (χ4v) is 4.64. The lowest BCUT2D eigenvalue weighted by Crippen LogP contribution is -2.47. The number of piperazine rings is 1. The predicted octanol–water partition coefficient (Wildman–Crippen LogP) is 3.36. The van der Waals surface area contributed by atoms with Gasteiger partial charge in [0.05, 0.1) is 12.2 Å². The standard InChI is InChI=1S/C27H35FN4O3/c1-20-4-9-25-24(18-20)32(19-21(2)35-25)27(34)11-10-26(33)29-12-3-13-30-14-16-31(17-15-30)23-7-5-22(28)6-8-23/h4-9,18,21H,3,10-17,19H2,1-2H3,(H,29,33)/t21-/m1/s1. The average Bonchev–Trinajstić information content (AvgIpc) is 2.86. The molecule has 1 saturated heterocycles. The van der Waals surface area contributed by atoms with Gasteiger partial charge in [0.25, 0.3) is 0 Å². The number of anilines is 2. The van der Waals surface area contributed by atoms with Gasteiger partial charge < -0.3 is 19.9 Å². The van der Waals surface area contributed by atoms with Crippen LogP contribution < -0.4 is 19.9 Å². The van der Waals surface area contributed by atoms with E-state index in [0.717, 1.165) is 56.1 Å². The first-order valence-corrected chi connectivity index (χ1v) is 12.5. The molecule has 1 atom stereocenters. The molecular formula is C27H35FN4O3. The monoisotopic (exact) mass is 482 g/mol. The molecule has 0 aromatic heterocycles. The Morgan fingerprint density at radius 1 is 1.06 bits per heavy atom. The molecule has 2 aliphatic heterocycles. The van der Waals surface area contributed by atoms with Gasteiger partial charge in [0.1, 0.15) is 17.7 Å². The highest BCUT2D eigenvalue weighted by atomic mass is 19.1. The van der Waals surface area contributed by atoms with Crippen LogP contribution in [0, 0.1) is 12.7 Å². The summed E-state index contributed by atoms with van der Waals surface area (Å²) in [4.78, 5) is 31.6. The number of carbonyl (C=O) groups is 2. The zero-order chi connectivity index (χ0) is 24.8. The van der Waals surface area contributed by atoms with Crippen LogP contribution >= 0.6 is 0 Å². The van der Waals surface area contributed by atoms with Crippen molar-refractivity contribution in [1.82, 2.24) is 10.2 Å². The van der Waals surface area contributed by atoms with E-state index >= 15 is 0 Å². The van der Waals surface area contributed by atoms with E-state index in [2.05, 4.69) is 15.1 Å². The molecule has 1 N–H and O–H groups in total. The third kappa shape index (κ3) is 6.72. The van der Waals surface area contributed by atoms with Crippen LogP contribution in [0.5, 0.6) is 5.75 Å². The van der Waals surface area contributed by atoms with Gasteiger partial charge in [0.2, 0.25) is 11.8 Å². The maximum atomic E-state index is 13.1. The van der Waals surface area contributed by atoms with Gasteiger partial charge in [-0.15, -0.1) is 0 Å². The Kier molecular flexibility index (Phi) is 8.23. The number of aryl methyl sites for hydroxylation is 1. The minimum Gasteiger partial charge on any atom is -0.487 e. The van der Waals surface area contributed by atoms with Crippen molar-refractivity contribution in [2.24, 2.45) is 0 Å². The summed E-state index contributed by atoms with van der Waals surface area (Å²) >= 11 is 0. The van der Waals surface area contributed by atoms with E-state index in [1.807, 2.05) is 44.2 Å². The van der Waals surface area contributed by atoms with Crippen LogP contribution in [-0.2, 0) is 9.59 Å². The van der Waals surface area contributed by atoms with E-state index in [1.165, 1.54) is 12.1 Å². The smallest absolute Gasteiger partial charge is 0.227 e. The Balaban J connectivity index is 1.13. The Bertz CT molecular complexity index is 1020. The lowest BCUT2D eigenvalue weighted by atomic mass is 10.1. The third-order valence-electron chi connectivity index (χ3n) is 6.58. The molecular weight excluding hydrogens is 447 g/mol. The van der Waals surface area contributed by atoms with Crippen LogP contribution in [0.3, 0.4) is 0 Å². The Morgan fingerprint density at radius 2 is 1.80 bits per heavy atom. The maximum absolute atomic E-state index is 13.1. The molecule has 0 bridgehead atoms. The fourth-order valence-electron chi connectivity index (χ4n) is 4.64. The molecule has 2 aromatic carbocycles. The lowest BCUT2D eigenvalue weighted by Gasteiger charge is -2.36. The van der Waals surface area contributed by atoms with Gasteiger partial charge in [0, 0.05) is 51.3 Å². The molecule has 8 heteroatoms. The fraction of sp³-hybridized carbons (Fsp3) is 0.481. The molecule has 0 radical (unpaired) electrons. The van der Waals surface area contributed by atoms with Gasteiger partial charge in [-0.25, -0.2) is 4.39 Å². The van der Waals surface area contributed by atoms with Crippen molar-refractivity contribution in [3.05, 3.63) is 53.8 Å². The number of hydrogen-bond acceptors (Lipinski definition) is 5. The minimum atomic E-state index is -0.213. The number of nitrogens with zero attached hydrogens (tertiary/aromatic N) is 3. The van der Waals surface area contributed by atoms with Crippen molar-refractivity contribution in [2.45, 2.75) is 39.2 Å². The average molecular weight is 483 g/mol. The molecule has 7 nitrogen and oxygen atoms in total. The van der Waals surface area contributed by atoms with E-state index in [-0.39, 0.29) is 36.6 Å². The molecule has 0 saturated carbocycles.